The first-order valence-electron chi connectivity index (χ1n) is 5.49. The first-order chi connectivity index (χ1) is 8.92. The molecule has 0 bridgehead atoms. The second kappa shape index (κ2) is 7.42. The smallest absolute Gasteiger partial charge is 0.242 e. The van der Waals surface area contributed by atoms with Crippen LogP contribution in [-0.4, -0.2) is 33.8 Å². The van der Waals surface area contributed by atoms with Crippen molar-refractivity contribution in [2.45, 2.75) is 17.9 Å². The van der Waals surface area contributed by atoms with Gasteiger partial charge in [0.15, 0.2) is 0 Å². The number of nitrogens with one attached hydrogen (secondary N) is 1. The molecule has 108 valence electrons. The zero-order chi connectivity index (χ0) is 14.5. The lowest BCUT2D eigenvalue weighted by Gasteiger charge is -2.11. The minimum absolute atomic E-state index is 0.0221. The molecule has 0 aromatic heterocycles. The van der Waals surface area contributed by atoms with Crippen molar-refractivity contribution in [1.82, 2.24) is 4.72 Å². The highest BCUT2D eigenvalue weighted by Crippen LogP contribution is 2.29. The lowest BCUT2D eigenvalue weighted by molar-refractivity contribution is 0.196. The van der Waals surface area contributed by atoms with Crippen molar-refractivity contribution < 1.29 is 18.3 Å². The first kappa shape index (κ1) is 16.7. The summed E-state index contributed by atoms with van der Waals surface area (Å²) in [7, 11) is -2.22. The molecule has 0 radical (unpaired) electrons. The molecule has 1 rings (SSSR count). The minimum Gasteiger partial charge on any atom is -0.392 e. The Hall–Kier alpha value is -0.370. The van der Waals surface area contributed by atoms with Gasteiger partial charge < -0.3 is 9.84 Å². The van der Waals surface area contributed by atoms with Crippen LogP contribution in [0.4, 0.5) is 0 Å². The van der Waals surface area contributed by atoms with Crippen LogP contribution in [-0.2, 0) is 21.4 Å². The summed E-state index contributed by atoms with van der Waals surface area (Å²) in [6.07, 6.45) is 0.542. The lowest BCUT2D eigenvalue weighted by Crippen LogP contribution is -2.26. The van der Waals surface area contributed by atoms with Crippen LogP contribution < -0.4 is 4.72 Å². The normalized spacial score (nSPS) is 11.8. The molecule has 0 unspecified atom stereocenters. The first-order valence-corrected chi connectivity index (χ1v) is 7.73. The van der Waals surface area contributed by atoms with Gasteiger partial charge in [-0.3, -0.25) is 0 Å². The molecule has 0 amide bonds. The number of sulfonamides is 1. The van der Waals surface area contributed by atoms with Crippen LogP contribution in [0.25, 0.3) is 0 Å². The highest BCUT2D eigenvalue weighted by atomic mass is 35.5. The van der Waals surface area contributed by atoms with Crippen LogP contribution >= 0.6 is 23.2 Å². The molecule has 5 nitrogen and oxygen atoms in total. The van der Waals surface area contributed by atoms with E-state index in [2.05, 4.69) is 4.72 Å². The molecule has 0 aliphatic carbocycles. The van der Waals surface area contributed by atoms with Gasteiger partial charge in [-0.25, -0.2) is 13.1 Å². The van der Waals surface area contributed by atoms with E-state index in [4.69, 9.17) is 33.0 Å². The van der Waals surface area contributed by atoms with Crippen LogP contribution in [0.15, 0.2) is 17.0 Å². The van der Waals surface area contributed by atoms with Gasteiger partial charge in [0.1, 0.15) is 4.90 Å². The van der Waals surface area contributed by atoms with Crippen LogP contribution in [0.1, 0.15) is 12.0 Å². The zero-order valence-corrected chi connectivity index (χ0v) is 12.6. The molecule has 1 aromatic carbocycles. The summed E-state index contributed by atoms with van der Waals surface area (Å²) in [5.41, 5.74) is 0.270. The van der Waals surface area contributed by atoms with E-state index in [-0.39, 0.29) is 33.7 Å². The fraction of sp³-hybridized carbons (Fsp3) is 0.455. The molecule has 0 atom stereocenters. The number of hydrogen-bond donors (Lipinski definition) is 2. The summed E-state index contributed by atoms with van der Waals surface area (Å²) in [5.74, 6) is 0. The average Bonchev–Trinajstić information content (AvgIpc) is 2.37. The number of aliphatic hydroxyl groups is 1. The van der Waals surface area contributed by atoms with Crippen molar-refractivity contribution in [2.24, 2.45) is 0 Å². The summed E-state index contributed by atoms with van der Waals surface area (Å²) in [4.78, 5) is -0.136. The van der Waals surface area contributed by atoms with E-state index in [1.165, 1.54) is 19.2 Å². The van der Waals surface area contributed by atoms with Crippen molar-refractivity contribution in [2.75, 3.05) is 20.3 Å². The minimum atomic E-state index is -3.76. The Bertz CT molecular complexity index is 534. The van der Waals surface area contributed by atoms with Crippen LogP contribution in [0.5, 0.6) is 0 Å². The Morgan fingerprint density at radius 3 is 2.63 bits per heavy atom. The third-order valence-corrected chi connectivity index (χ3v) is 4.62. The van der Waals surface area contributed by atoms with Gasteiger partial charge in [0, 0.05) is 25.3 Å². The van der Waals surface area contributed by atoms with Crippen molar-refractivity contribution in [3.8, 4) is 0 Å². The topological polar surface area (TPSA) is 75.6 Å². The molecule has 8 heteroatoms. The van der Waals surface area contributed by atoms with Crippen LogP contribution in [0.2, 0.25) is 10.0 Å². The lowest BCUT2D eigenvalue weighted by atomic mass is 10.2. The van der Waals surface area contributed by atoms with E-state index in [0.29, 0.717) is 13.0 Å². The zero-order valence-electron chi connectivity index (χ0n) is 10.3. The highest BCUT2D eigenvalue weighted by molar-refractivity contribution is 7.89. The quantitative estimate of drug-likeness (QED) is 0.749. The summed E-state index contributed by atoms with van der Waals surface area (Å²) in [5, 5.41) is 9.28. The van der Waals surface area contributed by atoms with Gasteiger partial charge in [0.2, 0.25) is 10.0 Å². The summed E-state index contributed by atoms with van der Waals surface area (Å²) >= 11 is 11.8. The van der Waals surface area contributed by atoms with Crippen LogP contribution in [0, 0.1) is 0 Å². The van der Waals surface area contributed by atoms with Gasteiger partial charge in [-0.2, -0.15) is 0 Å². The molecule has 0 spiro atoms. The molecular formula is C11H15Cl2NO4S. The standard InChI is InChI=1S/C11H15Cl2NO4S/c1-18-4-2-3-14-19(16,17)10-6-9(12)5-8(7-15)11(10)13/h5-6,14-15H,2-4,7H2,1H3. The number of ether oxygens (including phenoxy) is 1. The predicted octanol–water partition coefficient (Wildman–Crippen LogP) is 1.80. The average molecular weight is 328 g/mol. The molecule has 0 aliphatic heterocycles. The largest absolute Gasteiger partial charge is 0.392 e. The monoisotopic (exact) mass is 327 g/mol. The second-order valence-electron chi connectivity index (χ2n) is 3.78. The van der Waals surface area contributed by atoms with E-state index in [9.17, 15) is 8.42 Å². The maximum Gasteiger partial charge on any atom is 0.242 e. The van der Waals surface area contributed by atoms with Crippen molar-refractivity contribution in [1.29, 1.82) is 0 Å². The fourth-order valence-electron chi connectivity index (χ4n) is 1.43. The SMILES string of the molecule is COCCCNS(=O)(=O)c1cc(Cl)cc(CO)c1Cl. The van der Waals surface area contributed by atoms with Crippen molar-refractivity contribution >= 4 is 33.2 Å². The van der Waals surface area contributed by atoms with Gasteiger partial charge in [-0.05, 0) is 24.1 Å². The molecule has 0 heterocycles. The van der Waals surface area contributed by atoms with Crippen molar-refractivity contribution in [3.05, 3.63) is 27.7 Å². The van der Waals surface area contributed by atoms with E-state index in [1.807, 2.05) is 0 Å². The molecule has 0 saturated heterocycles. The third kappa shape index (κ3) is 4.59. The Morgan fingerprint density at radius 1 is 1.37 bits per heavy atom. The number of benzene rings is 1. The molecule has 0 saturated carbocycles. The maximum atomic E-state index is 12.1. The number of halogens is 2. The summed E-state index contributed by atoms with van der Waals surface area (Å²) in [6, 6.07) is 2.68. The molecule has 1 aromatic rings. The van der Waals surface area contributed by atoms with Gasteiger partial charge >= 0.3 is 0 Å². The van der Waals surface area contributed by atoms with E-state index in [0.717, 1.165) is 0 Å². The van der Waals surface area contributed by atoms with Gasteiger partial charge in [0.25, 0.3) is 0 Å². The predicted molar refractivity (Wildman–Crippen MR) is 74.1 cm³/mol. The van der Waals surface area contributed by atoms with Gasteiger partial charge in [0.05, 0.1) is 11.6 Å². The van der Waals surface area contributed by atoms with Gasteiger partial charge in [-0.15, -0.1) is 0 Å². The third-order valence-electron chi connectivity index (χ3n) is 2.36. The molecule has 0 fully saturated rings. The number of hydrogen-bond acceptors (Lipinski definition) is 4. The Kier molecular flexibility index (Phi) is 6.52. The highest BCUT2D eigenvalue weighted by Gasteiger charge is 2.20. The van der Waals surface area contributed by atoms with Gasteiger partial charge in [-0.1, -0.05) is 23.2 Å². The van der Waals surface area contributed by atoms with E-state index in [1.54, 1.807) is 0 Å². The number of aliphatic hydroxyl groups excluding tert-OH is 1. The number of methoxy groups -OCH3 is 1. The molecule has 2 N–H and O–H groups in total. The molecule has 19 heavy (non-hydrogen) atoms. The molecular weight excluding hydrogens is 313 g/mol. The number of rotatable bonds is 7. The Balaban J connectivity index is 2.98. The van der Waals surface area contributed by atoms with E-state index < -0.39 is 10.0 Å². The fourth-order valence-corrected chi connectivity index (χ4v) is 3.43. The second-order valence-corrected chi connectivity index (χ2v) is 6.33. The van der Waals surface area contributed by atoms with E-state index >= 15 is 0 Å². The summed E-state index contributed by atoms with van der Waals surface area (Å²) < 4.78 is 31.3. The molecule has 0 aliphatic rings. The summed E-state index contributed by atoms with van der Waals surface area (Å²) in [6.45, 7) is 0.298. The Morgan fingerprint density at radius 2 is 2.05 bits per heavy atom. The maximum absolute atomic E-state index is 12.1. The van der Waals surface area contributed by atoms with Crippen LogP contribution in [0.3, 0.4) is 0 Å². The Labute approximate surface area is 122 Å². The van der Waals surface area contributed by atoms with Crippen molar-refractivity contribution in [3.63, 3.8) is 0 Å².